The van der Waals surface area contributed by atoms with Crippen LogP contribution in [-0.2, 0) is 6.42 Å². The van der Waals surface area contributed by atoms with E-state index in [1.165, 1.54) is 0 Å². The van der Waals surface area contributed by atoms with Crippen molar-refractivity contribution in [3.05, 3.63) is 58.6 Å². The SMILES string of the molecule is COc1ccc(O)c(CC#Cc2ccc(Cl)cc2)c1. The molecule has 96 valence electrons. The highest BCUT2D eigenvalue weighted by atomic mass is 35.5. The van der Waals surface area contributed by atoms with Crippen LogP contribution >= 0.6 is 11.6 Å². The second-order valence-electron chi connectivity index (χ2n) is 3.98. The Hall–Kier alpha value is -2.11. The van der Waals surface area contributed by atoms with E-state index in [0.717, 1.165) is 11.1 Å². The maximum absolute atomic E-state index is 9.72. The molecule has 19 heavy (non-hydrogen) atoms. The lowest BCUT2D eigenvalue weighted by Gasteiger charge is -2.03. The minimum Gasteiger partial charge on any atom is -0.508 e. The molecule has 2 aromatic rings. The molecule has 0 aliphatic heterocycles. The monoisotopic (exact) mass is 272 g/mol. The quantitative estimate of drug-likeness (QED) is 0.846. The van der Waals surface area contributed by atoms with Crippen molar-refractivity contribution >= 4 is 11.6 Å². The topological polar surface area (TPSA) is 29.5 Å². The molecule has 0 saturated heterocycles. The summed E-state index contributed by atoms with van der Waals surface area (Å²) in [4.78, 5) is 0. The molecule has 0 bridgehead atoms. The molecule has 3 heteroatoms. The molecular formula is C16H13ClO2. The minimum absolute atomic E-state index is 0.228. The summed E-state index contributed by atoms with van der Waals surface area (Å²) in [6.45, 7) is 0. The molecule has 0 spiro atoms. The zero-order valence-corrected chi connectivity index (χ0v) is 11.2. The third kappa shape index (κ3) is 3.67. The predicted molar refractivity (Wildman–Crippen MR) is 76.7 cm³/mol. The maximum atomic E-state index is 9.72. The molecular weight excluding hydrogens is 260 g/mol. The fraction of sp³-hybridized carbons (Fsp3) is 0.125. The first-order valence-electron chi connectivity index (χ1n) is 5.79. The lowest BCUT2D eigenvalue weighted by molar-refractivity contribution is 0.411. The number of hydrogen-bond donors (Lipinski definition) is 1. The van der Waals surface area contributed by atoms with Gasteiger partial charge in [-0.15, -0.1) is 0 Å². The average Bonchev–Trinajstić information content (AvgIpc) is 2.43. The summed E-state index contributed by atoms with van der Waals surface area (Å²) in [6, 6.07) is 12.4. The van der Waals surface area contributed by atoms with Crippen LogP contribution in [-0.4, -0.2) is 12.2 Å². The molecule has 0 amide bonds. The van der Waals surface area contributed by atoms with E-state index in [4.69, 9.17) is 16.3 Å². The second-order valence-corrected chi connectivity index (χ2v) is 4.42. The third-order valence-electron chi connectivity index (χ3n) is 2.64. The largest absolute Gasteiger partial charge is 0.508 e. The van der Waals surface area contributed by atoms with Crippen molar-refractivity contribution < 1.29 is 9.84 Å². The van der Waals surface area contributed by atoms with Gasteiger partial charge in [0.1, 0.15) is 11.5 Å². The molecule has 2 nitrogen and oxygen atoms in total. The Bertz CT molecular complexity index is 621. The Labute approximate surface area is 117 Å². The van der Waals surface area contributed by atoms with Crippen LogP contribution in [0.1, 0.15) is 11.1 Å². The molecule has 2 aromatic carbocycles. The summed E-state index contributed by atoms with van der Waals surface area (Å²) in [6.07, 6.45) is 0.464. The Balaban J connectivity index is 2.12. The van der Waals surface area contributed by atoms with E-state index < -0.39 is 0 Å². The lowest BCUT2D eigenvalue weighted by atomic mass is 10.1. The molecule has 0 saturated carbocycles. The molecule has 0 aliphatic rings. The predicted octanol–water partition coefficient (Wildman–Crippen LogP) is 3.65. The van der Waals surface area contributed by atoms with Crippen molar-refractivity contribution in [1.29, 1.82) is 0 Å². The molecule has 0 aromatic heterocycles. The maximum Gasteiger partial charge on any atom is 0.120 e. The van der Waals surface area contributed by atoms with E-state index in [9.17, 15) is 5.11 Å². The molecule has 2 rings (SSSR count). The first-order chi connectivity index (χ1) is 9.19. The van der Waals surface area contributed by atoms with Gasteiger partial charge in [0.2, 0.25) is 0 Å². The van der Waals surface area contributed by atoms with Gasteiger partial charge in [-0.1, -0.05) is 23.4 Å². The normalized spacial score (nSPS) is 9.58. The zero-order chi connectivity index (χ0) is 13.7. The number of halogens is 1. The number of hydrogen-bond acceptors (Lipinski definition) is 2. The van der Waals surface area contributed by atoms with Gasteiger partial charge in [-0.2, -0.15) is 0 Å². The first-order valence-corrected chi connectivity index (χ1v) is 6.17. The van der Waals surface area contributed by atoms with Gasteiger partial charge in [-0.25, -0.2) is 0 Å². The first kappa shape index (κ1) is 13.3. The Kier molecular flexibility index (Phi) is 4.33. The average molecular weight is 273 g/mol. The Morgan fingerprint density at radius 1 is 1.16 bits per heavy atom. The van der Waals surface area contributed by atoms with Crippen LogP contribution in [0.25, 0.3) is 0 Å². The number of ether oxygens (including phenoxy) is 1. The van der Waals surface area contributed by atoms with Crippen LogP contribution in [0.3, 0.4) is 0 Å². The van der Waals surface area contributed by atoms with Crippen molar-refractivity contribution in [2.24, 2.45) is 0 Å². The number of rotatable bonds is 2. The van der Waals surface area contributed by atoms with Crippen LogP contribution in [0.4, 0.5) is 0 Å². The minimum atomic E-state index is 0.228. The number of aromatic hydroxyl groups is 1. The molecule has 0 heterocycles. The smallest absolute Gasteiger partial charge is 0.120 e. The Morgan fingerprint density at radius 2 is 1.89 bits per heavy atom. The second kappa shape index (κ2) is 6.17. The van der Waals surface area contributed by atoms with Gasteiger partial charge in [0.15, 0.2) is 0 Å². The summed E-state index contributed by atoms with van der Waals surface area (Å²) in [5.74, 6) is 6.98. The zero-order valence-electron chi connectivity index (χ0n) is 10.5. The number of benzene rings is 2. The van der Waals surface area contributed by atoms with Crippen molar-refractivity contribution in [3.8, 4) is 23.3 Å². The van der Waals surface area contributed by atoms with Gasteiger partial charge >= 0.3 is 0 Å². The van der Waals surface area contributed by atoms with Gasteiger partial charge in [0.05, 0.1) is 7.11 Å². The van der Waals surface area contributed by atoms with E-state index in [1.54, 1.807) is 37.4 Å². The van der Waals surface area contributed by atoms with Crippen LogP contribution in [0.15, 0.2) is 42.5 Å². The summed E-state index contributed by atoms with van der Waals surface area (Å²) < 4.78 is 5.11. The van der Waals surface area contributed by atoms with Crippen LogP contribution < -0.4 is 4.74 Å². The summed E-state index contributed by atoms with van der Waals surface area (Å²) >= 11 is 5.80. The highest BCUT2D eigenvalue weighted by Gasteiger charge is 2.01. The van der Waals surface area contributed by atoms with E-state index in [2.05, 4.69) is 11.8 Å². The molecule has 1 N–H and O–H groups in total. The van der Waals surface area contributed by atoms with Crippen molar-refractivity contribution in [3.63, 3.8) is 0 Å². The standard InChI is InChI=1S/C16H13ClO2/c1-19-15-9-10-16(18)13(11-15)4-2-3-12-5-7-14(17)8-6-12/h5-11,18H,4H2,1H3. The molecule has 0 fully saturated rings. The number of methoxy groups -OCH3 is 1. The molecule has 0 radical (unpaired) electrons. The molecule has 0 unspecified atom stereocenters. The highest BCUT2D eigenvalue weighted by Crippen LogP contribution is 2.22. The van der Waals surface area contributed by atoms with Crippen LogP contribution in [0.2, 0.25) is 5.02 Å². The van der Waals surface area contributed by atoms with Gasteiger partial charge < -0.3 is 9.84 Å². The van der Waals surface area contributed by atoms with Gasteiger partial charge in [0, 0.05) is 22.6 Å². The van der Waals surface area contributed by atoms with E-state index in [1.807, 2.05) is 12.1 Å². The summed E-state index contributed by atoms with van der Waals surface area (Å²) in [7, 11) is 1.59. The van der Waals surface area contributed by atoms with Crippen molar-refractivity contribution in [2.45, 2.75) is 6.42 Å². The fourth-order valence-corrected chi connectivity index (χ4v) is 1.73. The summed E-state index contributed by atoms with van der Waals surface area (Å²) in [5.41, 5.74) is 1.65. The highest BCUT2D eigenvalue weighted by molar-refractivity contribution is 6.30. The summed E-state index contributed by atoms with van der Waals surface area (Å²) in [5, 5.41) is 10.4. The molecule has 0 aliphatic carbocycles. The van der Waals surface area contributed by atoms with E-state index in [-0.39, 0.29) is 5.75 Å². The van der Waals surface area contributed by atoms with E-state index >= 15 is 0 Å². The number of phenols is 1. The number of phenolic OH excluding ortho intramolecular Hbond substituents is 1. The Morgan fingerprint density at radius 3 is 2.58 bits per heavy atom. The van der Waals surface area contributed by atoms with Crippen LogP contribution in [0.5, 0.6) is 11.5 Å². The fourth-order valence-electron chi connectivity index (χ4n) is 1.61. The lowest BCUT2D eigenvalue weighted by Crippen LogP contribution is -1.87. The molecule has 0 atom stereocenters. The van der Waals surface area contributed by atoms with Gasteiger partial charge in [0.25, 0.3) is 0 Å². The van der Waals surface area contributed by atoms with Gasteiger partial charge in [-0.3, -0.25) is 0 Å². The van der Waals surface area contributed by atoms with Crippen LogP contribution in [0, 0.1) is 11.8 Å². The van der Waals surface area contributed by atoms with E-state index in [0.29, 0.717) is 17.2 Å². The third-order valence-corrected chi connectivity index (χ3v) is 2.89. The van der Waals surface area contributed by atoms with Crippen molar-refractivity contribution in [2.75, 3.05) is 7.11 Å². The van der Waals surface area contributed by atoms with Gasteiger partial charge in [-0.05, 0) is 42.5 Å². The van der Waals surface area contributed by atoms with Crippen molar-refractivity contribution in [1.82, 2.24) is 0 Å².